The summed E-state index contributed by atoms with van der Waals surface area (Å²) in [5.41, 5.74) is -0.749. The van der Waals surface area contributed by atoms with Crippen molar-refractivity contribution < 1.29 is 23.5 Å². The number of hydrogen-bond donors (Lipinski definition) is 1. The first-order valence-electron chi connectivity index (χ1n) is 9.00. The molecule has 28 heavy (non-hydrogen) atoms. The Bertz CT molecular complexity index is 758. The number of rotatable bonds is 3. The lowest BCUT2D eigenvalue weighted by Gasteiger charge is -2.36. The standard InChI is InChI=1S/C19H25ClFN3O4/c1-12(22-18(27)28-19(2,3)4)16(25)23-7-9-24(10-8-23)17(26)14-11-13(20)5-6-15(14)21/h5-6,11-12H,7-10H2,1-4H3,(H,22,27). The zero-order valence-electron chi connectivity index (χ0n) is 16.4. The number of halogens is 2. The predicted octanol–water partition coefficient (Wildman–Crippen LogP) is 2.68. The van der Waals surface area contributed by atoms with Crippen LogP contribution >= 0.6 is 11.6 Å². The Balaban J connectivity index is 1.90. The van der Waals surface area contributed by atoms with E-state index in [1.54, 1.807) is 32.6 Å². The molecule has 3 amide bonds. The van der Waals surface area contributed by atoms with E-state index in [0.29, 0.717) is 0 Å². The van der Waals surface area contributed by atoms with Gasteiger partial charge < -0.3 is 19.9 Å². The van der Waals surface area contributed by atoms with Crippen LogP contribution < -0.4 is 5.32 Å². The van der Waals surface area contributed by atoms with Crippen molar-refractivity contribution in [3.8, 4) is 0 Å². The fourth-order valence-electron chi connectivity index (χ4n) is 2.78. The number of alkyl carbamates (subject to hydrolysis) is 1. The average molecular weight is 414 g/mol. The van der Waals surface area contributed by atoms with E-state index >= 15 is 0 Å². The first kappa shape index (κ1) is 21.9. The van der Waals surface area contributed by atoms with Gasteiger partial charge in [0.25, 0.3) is 5.91 Å². The smallest absolute Gasteiger partial charge is 0.408 e. The van der Waals surface area contributed by atoms with E-state index in [0.717, 1.165) is 6.07 Å². The fourth-order valence-corrected chi connectivity index (χ4v) is 2.95. The SMILES string of the molecule is CC(NC(=O)OC(C)(C)C)C(=O)N1CCN(C(=O)c2cc(Cl)ccc2F)CC1. The molecule has 1 fully saturated rings. The van der Waals surface area contributed by atoms with Crippen LogP contribution in [0, 0.1) is 5.82 Å². The molecule has 2 rings (SSSR count). The second-order valence-electron chi connectivity index (χ2n) is 7.61. The van der Waals surface area contributed by atoms with Crippen molar-refractivity contribution in [1.29, 1.82) is 0 Å². The van der Waals surface area contributed by atoms with E-state index in [9.17, 15) is 18.8 Å². The van der Waals surface area contributed by atoms with Crippen LogP contribution in [0.4, 0.5) is 9.18 Å². The molecule has 0 spiro atoms. The van der Waals surface area contributed by atoms with Crippen molar-refractivity contribution in [1.82, 2.24) is 15.1 Å². The van der Waals surface area contributed by atoms with Gasteiger partial charge in [0.1, 0.15) is 17.5 Å². The average Bonchev–Trinajstić information content (AvgIpc) is 2.61. The fraction of sp³-hybridized carbons (Fsp3) is 0.526. The Labute approximate surface area is 168 Å². The molecule has 154 valence electrons. The van der Waals surface area contributed by atoms with Crippen molar-refractivity contribution in [2.75, 3.05) is 26.2 Å². The molecule has 1 aliphatic heterocycles. The number of nitrogens with one attached hydrogen (secondary N) is 1. The number of nitrogens with zero attached hydrogens (tertiary/aromatic N) is 2. The Kier molecular flexibility index (Phi) is 6.87. The summed E-state index contributed by atoms with van der Waals surface area (Å²) in [7, 11) is 0. The summed E-state index contributed by atoms with van der Waals surface area (Å²) in [6.07, 6.45) is -0.668. The van der Waals surface area contributed by atoms with Gasteiger partial charge in [0, 0.05) is 31.2 Å². The number of piperazine rings is 1. The van der Waals surface area contributed by atoms with Gasteiger partial charge in [0.2, 0.25) is 5.91 Å². The Morgan fingerprint density at radius 1 is 1.14 bits per heavy atom. The number of carbonyl (C=O) groups excluding carboxylic acids is 3. The normalized spacial score (nSPS) is 15.8. The molecule has 1 aromatic rings. The zero-order chi connectivity index (χ0) is 21.1. The number of ether oxygens (including phenoxy) is 1. The lowest BCUT2D eigenvalue weighted by molar-refractivity contribution is -0.134. The summed E-state index contributed by atoms with van der Waals surface area (Å²) in [6.45, 7) is 7.87. The molecule has 0 radical (unpaired) electrons. The Morgan fingerprint density at radius 2 is 1.71 bits per heavy atom. The number of benzene rings is 1. The van der Waals surface area contributed by atoms with Gasteiger partial charge in [-0.3, -0.25) is 9.59 Å². The van der Waals surface area contributed by atoms with Crippen molar-refractivity contribution in [3.05, 3.63) is 34.6 Å². The number of hydrogen-bond acceptors (Lipinski definition) is 4. The van der Waals surface area contributed by atoms with Crippen LogP contribution in [0.3, 0.4) is 0 Å². The Morgan fingerprint density at radius 3 is 2.29 bits per heavy atom. The molecular formula is C19H25ClFN3O4. The van der Waals surface area contributed by atoms with E-state index in [4.69, 9.17) is 16.3 Å². The number of carbonyl (C=O) groups is 3. The highest BCUT2D eigenvalue weighted by Crippen LogP contribution is 2.18. The van der Waals surface area contributed by atoms with Gasteiger partial charge in [-0.2, -0.15) is 0 Å². The summed E-state index contributed by atoms with van der Waals surface area (Å²) in [4.78, 5) is 39.9. The number of amides is 3. The maximum atomic E-state index is 13.9. The monoisotopic (exact) mass is 413 g/mol. The third-order valence-corrected chi connectivity index (χ3v) is 4.38. The molecule has 1 N–H and O–H groups in total. The van der Waals surface area contributed by atoms with Crippen LogP contribution in [0.2, 0.25) is 5.02 Å². The first-order valence-corrected chi connectivity index (χ1v) is 9.38. The third-order valence-electron chi connectivity index (χ3n) is 4.14. The van der Waals surface area contributed by atoms with Gasteiger partial charge in [0.05, 0.1) is 5.56 Å². The van der Waals surface area contributed by atoms with E-state index in [2.05, 4.69) is 5.32 Å². The second kappa shape index (κ2) is 8.77. The maximum Gasteiger partial charge on any atom is 0.408 e. The Hall–Kier alpha value is -2.35. The van der Waals surface area contributed by atoms with Crippen LogP contribution in [0.1, 0.15) is 38.1 Å². The highest BCUT2D eigenvalue weighted by Gasteiger charge is 2.29. The van der Waals surface area contributed by atoms with Gasteiger partial charge in [-0.25, -0.2) is 9.18 Å². The summed E-state index contributed by atoms with van der Waals surface area (Å²) >= 11 is 5.85. The third kappa shape index (κ3) is 5.82. The molecule has 0 aliphatic carbocycles. The second-order valence-corrected chi connectivity index (χ2v) is 8.05. The van der Waals surface area contributed by atoms with Crippen molar-refractivity contribution in [3.63, 3.8) is 0 Å². The minimum atomic E-state index is -0.762. The van der Waals surface area contributed by atoms with Gasteiger partial charge >= 0.3 is 6.09 Å². The molecule has 1 heterocycles. The van der Waals surface area contributed by atoms with Gasteiger partial charge in [-0.1, -0.05) is 11.6 Å². The molecule has 1 atom stereocenters. The zero-order valence-corrected chi connectivity index (χ0v) is 17.2. The lowest BCUT2D eigenvalue weighted by Crippen LogP contribution is -2.55. The minimum Gasteiger partial charge on any atom is -0.444 e. The van der Waals surface area contributed by atoms with Gasteiger partial charge in [-0.05, 0) is 45.9 Å². The van der Waals surface area contributed by atoms with Crippen LogP contribution in [0.25, 0.3) is 0 Å². The highest BCUT2D eigenvalue weighted by atomic mass is 35.5. The topological polar surface area (TPSA) is 79.0 Å². The largest absolute Gasteiger partial charge is 0.444 e. The quantitative estimate of drug-likeness (QED) is 0.826. The molecule has 1 saturated heterocycles. The van der Waals surface area contributed by atoms with E-state index in [1.807, 2.05) is 0 Å². The minimum absolute atomic E-state index is 0.0905. The van der Waals surface area contributed by atoms with Crippen molar-refractivity contribution in [2.45, 2.75) is 39.3 Å². The summed E-state index contributed by atoms with van der Waals surface area (Å²) in [5, 5.41) is 2.79. The molecule has 1 aromatic carbocycles. The van der Waals surface area contributed by atoms with E-state index in [-0.39, 0.29) is 42.7 Å². The molecule has 1 unspecified atom stereocenters. The highest BCUT2D eigenvalue weighted by molar-refractivity contribution is 6.31. The van der Waals surface area contributed by atoms with Crippen LogP contribution in [-0.4, -0.2) is 65.5 Å². The maximum absolute atomic E-state index is 13.9. The summed E-state index contributed by atoms with van der Waals surface area (Å²) in [5.74, 6) is -1.37. The van der Waals surface area contributed by atoms with Crippen molar-refractivity contribution in [2.24, 2.45) is 0 Å². The molecule has 0 aromatic heterocycles. The predicted molar refractivity (Wildman–Crippen MR) is 103 cm³/mol. The lowest BCUT2D eigenvalue weighted by atomic mass is 10.1. The molecule has 0 saturated carbocycles. The van der Waals surface area contributed by atoms with E-state index in [1.165, 1.54) is 17.0 Å². The molecule has 9 heteroatoms. The molecule has 7 nitrogen and oxygen atoms in total. The molecular weight excluding hydrogens is 389 g/mol. The van der Waals surface area contributed by atoms with Gasteiger partial charge in [-0.15, -0.1) is 0 Å². The van der Waals surface area contributed by atoms with Crippen LogP contribution in [-0.2, 0) is 9.53 Å². The summed E-state index contributed by atoms with van der Waals surface area (Å²) in [6, 6.07) is 3.06. The van der Waals surface area contributed by atoms with Crippen molar-refractivity contribution >= 4 is 29.5 Å². The molecule has 1 aliphatic rings. The summed E-state index contributed by atoms with van der Waals surface area (Å²) < 4.78 is 19.0. The molecule has 0 bridgehead atoms. The first-order chi connectivity index (χ1) is 13.0. The van der Waals surface area contributed by atoms with Crippen LogP contribution in [0.15, 0.2) is 18.2 Å². The van der Waals surface area contributed by atoms with Crippen LogP contribution in [0.5, 0.6) is 0 Å². The van der Waals surface area contributed by atoms with E-state index < -0.39 is 29.5 Å². The van der Waals surface area contributed by atoms with Gasteiger partial charge in [0.15, 0.2) is 0 Å².